The van der Waals surface area contributed by atoms with Crippen molar-refractivity contribution in [2.75, 3.05) is 0 Å². The van der Waals surface area contributed by atoms with E-state index < -0.39 is 0 Å². The van der Waals surface area contributed by atoms with Crippen LogP contribution in [0.3, 0.4) is 0 Å². The maximum Gasteiger partial charge on any atom is 0.0646 e. The summed E-state index contributed by atoms with van der Waals surface area (Å²) in [6, 6.07) is 10.9. The summed E-state index contributed by atoms with van der Waals surface area (Å²) in [7, 11) is 0. The molecule has 2 N–H and O–H groups in total. The van der Waals surface area contributed by atoms with Gasteiger partial charge in [0.1, 0.15) is 0 Å². The zero-order chi connectivity index (χ0) is 12.4. The highest BCUT2D eigenvalue weighted by atomic mass is 32.1. The van der Waals surface area contributed by atoms with E-state index in [9.17, 15) is 0 Å². The molecule has 0 radical (unpaired) electrons. The van der Waals surface area contributed by atoms with Crippen molar-refractivity contribution < 1.29 is 0 Å². The minimum Gasteiger partial charge on any atom is -0.320 e. The second-order valence-corrected chi connectivity index (χ2v) is 5.75. The molecule has 0 saturated heterocycles. The average molecular weight is 245 g/mol. The van der Waals surface area contributed by atoms with Gasteiger partial charge in [-0.25, -0.2) is 0 Å². The lowest BCUT2D eigenvalue weighted by Crippen LogP contribution is -2.10. The minimum atomic E-state index is 0.0123. The Morgan fingerprint density at radius 2 is 1.82 bits per heavy atom. The van der Waals surface area contributed by atoms with Gasteiger partial charge in [0.15, 0.2) is 0 Å². The Kier molecular flexibility index (Phi) is 3.65. The molecule has 17 heavy (non-hydrogen) atoms. The Labute approximate surface area is 107 Å². The fourth-order valence-electron chi connectivity index (χ4n) is 1.88. The number of nitrogens with two attached hydrogens (primary N) is 1. The van der Waals surface area contributed by atoms with Crippen molar-refractivity contribution in [1.82, 2.24) is 0 Å². The molecule has 1 atom stereocenters. The molecule has 2 heteroatoms. The van der Waals surface area contributed by atoms with Crippen molar-refractivity contribution in [3.8, 4) is 0 Å². The van der Waals surface area contributed by atoms with E-state index in [0.717, 1.165) is 6.42 Å². The van der Waals surface area contributed by atoms with E-state index in [1.807, 2.05) is 0 Å². The molecule has 1 aromatic carbocycles. The lowest BCUT2D eigenvalue weighted by molar-refractivity contribution is 0.890. The molecular weight excluding hydrogens is 226 g/mol. The molecule has 0 aliphatic heterocycles. The highest BCUT2D eigenvalue weighted by molar-refractivity contribution is 7.12. The predicted molar refractivity (Wildman–Crippen MR) is 75.6 cm³/mol. The highest BCUT2D eigenvalue weighted by Crippen LogP contribution is 2.29. The predicted octanol–water partition coefficient (Wildman–Crippen LogP) is 3.98. The molecule has 2 rings (SSSR count). The average Bonchev–Trinajstić information content (AvgIpc) is 2.69. The van der Waals surface area contributed by atoms with Gasteiger partial charge >= 0.3 is 0 Å². The number of hydrogen-bond donors (Lipinski definition) is 1. The summed E-state index contributed by atoms with van der Waals surface area (Å²) in [4.78, 5) is 2.62. The Morgan fingerprint density at radius 3 is 2.29 bits per heavy atom. The van der Waals surface area contributed by atoms with E-state index >= 15 is 0 Å². The van der Waals surface area contributed by atoms with Crippen molar-refractivity contribution in [3.05, 3.63) is 56.8 Å². The minimum absolute atomic E-state index is 0.0123. The fraction of sp³-hybridized carbons (Fsp3) is 0.333. The van der Waals surface area contributed by atoms with E-state index in [1.54, 1.807) is 11.3 Å². The summed E-state index contributed by atoms with van der Waals surface area (Å²) in [5, 5.41) is 0. The molecule has 90 valence electrons. The molecule has 0 saturated carbocycles. The third-order valence-corrected chi connectivity index (χ3v) is 4.47. The molecule has 0 spiro atoms. The van der Waals surface area contributed by atoms with Crippen LogP contribution in [0.1, 0.15) is 39.4 Å². The first-order valence-electron chi connectivity index (χ1n) is 6.03. The normalized spacial score (nSPS) is 12.7. The van der Waals surface area contributed by atoms with Crippen LogP contribution < -0.4 is 5.73 Å². The van der Waals surface area contributed by atoms with Crippen LogP contribution in [0.5, 0.6) is 0 Å². The van der Waals surface area contributed by atoms with Gasteiger partial charge < -0.3 is 5.73 Å². The van der Waals surface area contributed by atoms with Gasteiger partial charge in [0.2, 0.25) is 0 Å². The fourth-order valence-corrected chi connectivity index (χ4v) is 2.95. The number of rotatable bonds is 3. The quantitative estimate of drug-likeness (QED) is 0.869. The van der Waals surface area contributed by atoms with E-state index in [-0.39, 0.29) is 6.04 Å². The molecule has 0 aliphatic carbocycles. The monoisotopic (exact) mass is 245 g/mol. The molecule has 0 amide bonds. The van der Waals surface area contributed by atoms with Crippen LogP contribution >= 0.6 is 11.3 Å². The van der Waals surface area contributed by atoms with Crippen LogP contribution in [0.2, 0.25) is 0 Å². The maximum absolute atomic E-state index is 6.30. The third-order valence-electron chi connectivity index (χ3n) is 3.24. The summed E-state index contributed by atoms with van der Waals surface area (Å²) >= 11 is 1.80. The first-order valence-corrected chi connectivity index (χ1v) is 6.84. The Balaban J connectivity index is 2.26. The Morgan fingerprint density at radius 1 is 1.18 bits per heavy atom. The van der Waals surface area contributed by atoms with Gasteiger partial charge in [-0.15, -0.1) is 11.3 Å². The third kappa shape index (κ3) is 2.59. The SMILES string of the molecule is CCc1ccc(C(N)c2cc(C)c(C)s2)cc1. The van der Waals surface area contributed by atoms with Gasteiger partial charge in [-0.1, -0.05) is 31.2 Å². The number of aryl methyl sites for hydroxylation is 3. The maximum atomic E-state index is 6.30. The zero-order valence-electron chi connectivity index (χ0n) is 10.7. The van der Waals surface area contributed by atoms with Crippen LogP contribution in [0.15, 0.2) is 30.3 Å². The number of thiophene rings is 1. The molecule has 0 fully saturated rings. The summed E-state index contributed by atoms with van der Waals surface area (Å²) in [5.41, 5.74) is 10.2. The second-order valence-electron chi connectivity index (χ2n) is 4.46. The largest absolute Gasteiger partial charge is 0.320 e. The summed E-state index contributed by atoms with van der Waals surface area (Å²) < 4.78 is 0. The molecule has 2 aromatic rings. The first-order chi connectivity index (χ1) is 8.11. The van der Waals surface area contributed by atoms with Crippen LogP contribution in [0.4, 0.5) is 0 Å². The standard InChI is InChI=1S/C15H19NS/c1-4-12-5-7-13(8-6-12)15(16)14-9-10(2)11(3)17-14/h5-9,15H,4,16H2,1-3H3. The van der Waals surface area contributed by atoms with E-state index in [2.05, 4.69) is 51.1 Å². The van der Waals surface area contributed by atoms with Gasteiger partial charge in [0.25, 0.3) is 0 Å². The van der Waals surface area contributed by atoms with Crippen LogP contribution in [-0.4, -0.2) is 0 Å². The smallest absolute Gasteiger partial charge is 0.0646 e. The second kappa shape index (κ2) is 5.03. The van der Waals surface area contributed by atoms with Crippen molar-refractivity contribution in [2.24, 2.45) is 5.73 Å². The Bertz CT molecular complexity index is 477. The first kappa shape index (κ1) is 12.3. The molecular formula is C15H19NS. The molecule has 0 bridgehead atoms. The van der Waals surface area contributed by atoms with Crippen molar-refractivity contribution >= 4 is 11.3 Å². The van der Waals surface area contributed by atoms with Crippen molar-refractivity contribution in [1.29, 1.82) is 0 Å². The summed E-state index contributed by atoms with van der Waals surface area (Å²) in [6.07, 6.45) is 1.08. The van der Waals surface area contributed by atoms with Gasteiger partial charge in [0, 0.05) is 9.75 Å². The van der Waals surface area contributed by atoms with E-state index in [4.69, 9.17) is 5.73 Å². The lowest BCUT2D eigenvalue weighted by Gasteiger charge is -2.10. The zero-order valence-corrected chi connectivity index (χ0v) is 11.5. The lowest BCUT2D eigenvalue weighted by atomic mass is 10.0. The van der Waals surface area contributed by atoms with Crippen LogP contribution in [-0.2, 0) is 6.42 Å². The van der Waals surface area contributed by atoms with E-state index in [1.165, 1.54) is 26.4 Å². The molecule has 1 nitrogen and oxygen atoms in total. The number of benzene rings is 1. The van der Waals surface area contributed by atoms with Crippen LogP contribution in [0.25, 0.3) is 0 Å². The van der Waals surface area contributed by atoms with E-state index in [0.29, 0.717) is 0 Å². The van der Waals surface area contributed by atoms with Gasteiger partial charge in [-0.2, -0.15) is 0 Å². The number of hydrogen-bond acceptors (Lipinski definition) is 2. The topological polar surface area (TPSA) is 26.0 Å². The summed E-state index contributed by atoms with van der Waals surface area (Å²) in [6.45, 7) is 6.46. The molecule has 1 heterocycles. The van der Waals surface area contributed by atoms with Crippen molar-refractivity contribution in [3.63, 3.8) is 0 Å². The molecule has 1 aromatic heterocycles. The highest BCUT2D eigenvalue weighted by Gasteiger charge is 2.12. The molecule has 0 aliphatic rings. The summed E-state index contributed by atoms with van der Waals surface area (Å²) in [5.74, 6) is 0. The molecule has 1 unspecified atom stereocenters. The Hall–Kier alpha value is -1.12. The van der Waals surface area contributed by atoms with Crippen LogP contribution in [0, 0.1) is 13.8 Å². The van der Waals surface area contributed by atoms with Gasteiger partial charge in [-0.3, -0.25) is 0 Å². The van der Waals surface area contributed by atoms with Crippen molar-refractivity contribution in [2.45, 2.75) is 33.2 Å². The van der Waals surface area contributed by atoms with Gasteiger partial charge in [-0.05, 0) is 43.0 Å². The van der Waals surface area contributed by atoms with Gasteiger partial charge in [0.05, 0.1) is 6.04 Å².